The summed E-state index contributed by atoms with van der Waals surface area (Å²) in [4.78, 5) is 13.6. The van der Waals surface area contributed by atoms with Gasteiger partial charge >= 0.3 is 0 Å². The SMILES string of the molecule is N#CC1(NC(=O)C2CCCCC2CSc2ccc(F)cc2)CC1. The van der Waals surface area contributed by atoms with Crippen LogP contribution in [0.2, 0.25) is 0 Å². The van der Waals surface area contributed by atoms with Gasteiger partial charge in [0.2, 0.25) is 5.91 Å². The van der Waals surface area contributed by atoms with Gasteiger partial charge < -0.3 is 5.32 Å². The number of carbonyl (C=O) groups excluding carboxylic acids is 1. The maximum absolute atomic E-state index is 13.0. The molecule has 0 bridgehead atoms. The average molecular weight is 332 g/mol. The Bertz CT molecular complexity index is 606. The normalized spacial score (nSPS) is 25.4. The number of nitrogens with one attached hydrogen (secondary N) is 1. The lowest BCUT2D eigenvalue weighted by atomic mass is 9.79. The highest BCUT2D eigenvalue weighted by atomic mass is 32.2. The van der Waals surface area contributed by atoms with Gasteiger partial charge in [0.1, 0.15) is 11.4 Å². The first kappa shape index (κ1) is 16.3. The topological polar surface area (TPSA) is 52.9 Å². The van der Waals surface area contributed by atoms with E-state index < -0.39 is 5.54 Å². The summed E-state index contributed by atoms with van der Waals surface area (Å²) in [5.41, 5.74) is -0.580. The molecule has 122 valence electrons. The molecule has 3 nitrogen and oxygen atoms in total. The van der Waals surface area contributed by atoms with Gasteiger partial charge in [0, 0.05) is 16.6 Å². The van der Waals surface area contributed by atoms with Gasteiger partial charge in [0.05, 0.1) is 6.07 Å². The Morgan fingerprint density at radius 2 is 2.00 bits per heavy atom. The smallest absolute Gasteiger partial charge is 0.224 e. The number of amides is 1. The number of rotatable bonds is 5. The highest BCUT2D eigenvalue weighted by Crippen LogP contribution is 2.38. The van der Waals surface area contributed by atoms with Crippen LogP contribution in [0.3, 0.4) is 0 Å². The standard InChI is InChI=1S/C18H21FN2OS/c19-14-5-7-15(8-6-14)23-11-13-3-1-2-4-16(13)17(22)21-18(12-20)9-10-18/h5-8,13,16H,1-4,9-11H2,(H,21,22). The van der Waals surface area contributed by atoms with E-state index in [1.54, 1.807) is 23.9 Å². The molecule has 2 saturated carbocycles. The number of carbonyl (C=O) groups is 1. The summed E-state index contributed by atoms with van der Waals surface area (Å²) in [5.74, 6) is 1.02. The lowest BCUT2D eigenvalue weighted by Gasteiger charge is -2.31. The summed E-state index contributed by atoms with van der Waals surface area (Å²) >= 11 is 1.68. The van der Waals surface area contributed by atoms with Crippen LogP contribution in [0, 0.1) is 29.0 Å². The second kappa shape index (κ2) is 6.92. The van der Waals surface area contributed by atoms with Gasteiger partial charge in [-0.3, -0.25) is 4.79 Å². The summed E-state index contributed by atoms with van der Waals surface area (Å²) in [7, 11) is 0. The van der Waals surface area contributed by atoms with Crippen molar-refractivity contribution in [3.63, 3.8) is 0 Å². The molecule has 0 aromatic heterocycles. The van der Waals surface area contributed by atoms with Crippen molar-refractivity contribution in [2.45, 2.75) is 49.0 Å². The third kappa shape index (κ3) is 4.06. The summed E-state index contributed by atoms with van der Waals surface area (Å²) in [6, 6.07) is 8.74. The van der Waals surface area contributed by atoms with E-state index >= 15 is 0 Å². The molecule has 0 aliphatic heterocycles. The third-order valence-electron chi connectivity index (χ3n) is 4.85. The van der Waals surface area contributed by atoms with Crippen LogP contribution < -0.4 is 5.32 Å². The van der Waals surface area contributed by atoms with Gasteiger partial charge in [0.15, 0.2) is 0 Å². The molecule has 0 spiro atoms. The van der Waals surface area contributed by atoms with Crippen molar-refractivity contribution in [2.24, 2.45) is 11.8 Å². The zero-order valence-electron chi connectivity index (χ0n) is 13.1. The number of hydrogen-bond donors (Lipinski definition) is 1. The lowest BCUT2D eigenvalue weighted by molar-refractivity contribution is -0.128. The Morgan fingerprint density at radius 1 is 1.30 bits per heavy atom. The first-order valence-electron chi connectivity index (χ1n) is 8.23. The second-order valence-corrected chi connectivity index (χ2v) is 7.69. The maximum Gasteiger partial charge on any atom is 0.224 e. The number of hydrogen-bond acceptors (Lipinski definition) is 3. The highest BCUT2D eigenvalue weighted by molar-refractivity contribution is 7.99. The lowest BCUT2D eigenvalue weighted by Crippen LogP contribution is -2.43. The van der Waals surface area contributed by atoms with Crippen LogP contribution in [0.25, 0.3) is 0 Å². The van der Waals surface area contributed by atoms with Crippen molar-refractivity contribution in [3.05, 3.63) is 30.1 Å². The average Bonchev–Trinajstić information content (AvgIpc) is 3.34. The molecular weight excluding hydrogens is 311 g/mol. The van der Waals surface area contributed by atoms with Crippen LogP contribution in [0.15, 0.2) is 29.2 Å². The fourth-order valence-corrected chi connectivity index (χ4v) is 4.34. The molecule has 1 amide bonds. The van der Waals surface area contributed by atoms with E-state index in [2.05, 4.69) is 11.4 Å². The predicted molar refractivity (Wildman–Crippen MR) is 88.3 cm³/mol. The molecule has 23 heavy (non-hydrogen) atoms. The van der Waals surface area contributed by atoms with Crippen molar-refractivity contribution >= 4 is 17.7 Å². The number of halogens is 1. The first-order valence-corrected chi connectivity index (χ1v) is 9.22. The summed E-state index contributed by atoms with van der Waals surface area (Å²) in [6.07, 6.45) is 5.74. The number of nitrogens with zero attached hydrogens (tertiary/aromatic N) is 1. The molecule has 0 heterocycles. The molecule has 1 aromatic rings. The number of thioether (sulfide) groups is 1. The monoisotopic (exact) mass is 332 g/mol. The van der Waals surface area contributed by atoms with Gasteiger partial charge in [-0.05, 0) is 55.9 Å². The molecule has 5 heteroatoms. The number of nitriles is 1. The predicted octanol–water partition coefficient (Wildman–Crippen LogP) is 3.90. The highest BCUT2D eigenvalue weighted by Gasteiger charge is 2.46. The molecule has 0 saturated heterocycles. The second-order valence-electron chi connectivity index (χ2n) is 6.60. The zero-order chi connectivity index (χ0) is 16.3. The van der Waals surface area contributed by atoms with E-state index in [1.165, 1.54) is 12.1 Å². The Balaban J connectivity index is 1.58. The van der Waals surface area contributed by atoms with Crippen LogP contribution in [0.4, 0.5) is 4.39 Å². The quantitative estimate of drug-likeness (QED) is 0.832. The maximum atomic E-state index is 13.0. The Labute approximate surface area is 140 Å². The third-order valence-corrected chi connectivity index (χ3v) is 6.05. The molecule has 2 aliphatic carbocycles. The van der Waals surface area contributed by atoms with Gasteiger partial charge in [-0.25, -0.2) is 4.39 Å². The molecule has 2 unspecified atom stereocenters. The van der Waals surface area contributed by atoms with Gasteiger partial charge in [-0.1, -0.05) is 12.8 Å². The van der Waals surface area contributed by atoms with Gasteiger partial charge in [-0.2, -0.15) is 5.26 Å². The summed E-state index contributed by atoms with van der Waals surface area (Å²) in [6.45, 7) is 0. The summed E-state index contributed by atoms with van der Waals surface area (Å²) < 4.78 is 13.0. The van der Waals surface area contributed by atoms with Crippen LogP contribution >= 0.6 is 11.8 Å². The Morgan fingerprint density at radius 3 is 2.65 bits per heavy atom. The van der Waals surface area contributed by atoms with Gasteiger partial charge in [0.25, 0.3) is 0 Å². The van der Waals surface area contributed by atoms with E-state index in [4.69, 9.17) is 5.26 Å². The van der Waals surface area contributed by atoms with Crippen LogP contribution in [-0.4, -0.2) is 17.2 Å². The fraction of sp³-hybridized carbons (Fsp3) is 0.556. The first-order chi connectivity index (χ1) is 11.1. The van der Waals surface area contributed by atoms with Crippen LogP contribution in [0.1, 0.15) is 38.5 Å². The fourth-order valence-electron chi connectivity index (χ4n) is 3.20. The summed E-state index contributed by atoms with van der Waals surface area (Å²) in [5, 5.41) is 12.1. The molecule has 2 aliphatic rings. The van der Waals surface area contributed by atoms with E-state index in [0.29, 0.717) is 5.92 Å². The molecule has 1 aromatic carbocycles. The van der Waals surface area contributed by atoms with Crippen molar-refractivity contribution in [3.8, 4) is 6.07 Å². The molecule has 3 rings (SSSR count). The number of benzene rings is 1. The van der Waals surface area contributed by atoms with Crippen molar-refractivity contribution in [1.29, 1.82) is 5.26 Å². The Hall–Kier alpha value is -1.54. The van der Waals surface area contributed by atoms with Crippen molar-refractivity contribution in [1.82, 2.24) is 5.32 Å². The van der Waals surface area contributed by atoms with Crippen LogP contribution in [0.5, 0.6) is 0 Å². The minimum atomic E-state index is -0.580. The van der Waals surface area contributed by atoms with E-state index in [0.717, 1.165) is 49.2 Å². The van der Waals surface area contributed by atoms with Gasteiger partial charge in [-0.15, -0.1) is 11.8 Å². The van der Waals surface area contributed by atoms with Crippen molar-refractivity contribution < 1.29 is 9.18 Å². The molecule has 2 fully saturated rings. The zero-order valence-corrected chi connectivity index (χ0v) is 13.9. The van der Waals surface area contributed by atoms with E-state index in [9.17, 15) is 9.18 Å². The molecule has 1 N–H and O–H groups in total. The van der Waals surface area contributed by atoms with Crippen LogP contribution in [-0.2, 0) is 4.79 Å². The molecule has 0 radical (unpaired) electrons. The van der Waals surface area contributed by atoms with E-state index in [-0.39, 0.29) is 17.6 Å². The minimum Gasteiger partial charge on any atom is -0.338 e. The molecular formula is C18H21FN2OS. The largest absolute Gasteiger partial charge is 0.338 e. The van der Waals surface area contributed by atoms with Crippen molar-refractivity contribution in [2.75, 3.05) is 5.75 Å². The molecule has 2 atom stereocenters. The Kier molecular flexibility index (Phi) is 4.91. The van der Waals surface area contributed by atoms with E-state index in [1.807, 2.05) is 0 Å². The minimum absolute atomic E-state index is 0.00234.